The average Bonchev–Trinajstić information content (AvgIpc) is 3.54. The van der Waals surface area contributed by atoms with Gasteiger partial charge >= 0.3 is 12.7 Å². The Morgan fingerprint density at radius 2 is 0.840 bits per heavy atom. The molecule has 0 spiro atoms. The van der Waals surface area contributed by atoms with E-state index in [0.29, 0.717) is 24.3 Å². The molecular weight excluding hydrogens is 676 g/mol. The van der Waals surface area contributed by atoms with Crippen molar-refractivity contribution >= 4 is 33.4 Å². The van der Waals surface area contributed by atoms with E-state index in [1.165, 1.54) is 12.1 Å². The summed E-state index contributed by atoms with van der Waals surface area (Å²) in [5.74, 6) is -5.48. The number of hydrogen-bond donors (Lipinski definition) is 0. The Morgan fingerprint density at radius 1 is 0.500 bits per heavy atom. The molecule has 0 fully saturated rings. The van der Waals surface area contributed by atoms with Crippen LogP contribution in [0.4, 0.5) is 35.1 Å². The van der Waals surface area contributed by atoms with Gasteiger partial charge in [0.15, 0.2) is 23.1 Å². The molecule has 0 bridgehead atoms. The Morgan fingerprint density at radius 3 is 1.10 bits per heavy atom. The molecule has 0 aromatic heterocycles. The summed E-state index contributed by atoms with van der Waals surface area (Å²) in [4.78, 5) is 0. The van der Waals surface area contributed by atoms with E-state index in [4.69, 9.17) is 0 Å². The first-order valence-corrected chi connectivity index (χ1v) is 13.3. The maximum Gasteiger partial charge on any atom is 0.573 e. The largest absolute Gasteiger partial charge is 0.573 e. The highest BCUT2D eigenvalue weighted by molar-refractivity contribution is 6.29. The highest BCUT2D eigenvalue weighted by Crippen LogP contribution is 2.54. The molecule has 50 heavy (non-hydrogen) atoms. The Labute approximate surface area is 275 Å². The summed E-state index contributed by atoms with van der Waals surface area (Å²) in [6.45, 7) is 0. The first-order valence-electron chi connectivity index (χ1n) is 13.3. The first kappa shape index (κ1) is 33.9. The van der Waals surface area contributed by atoms with Crippen molar-refractivity contribution in [1.82, 2.24) is 0 Å². The summed E-state index contributed by atoms with van der Waals surface area (Å²) in [6.07, 6.45) is -10.5. The molecule has 8 nitrogen and oxygen atoms in total. The Hall–Kier alpha value is -7.40. The average molecular weight is 684 g/mol. The minimum Gasteiger partial charge on any atom is -0.403 e. The van der Waals surface area contributed by atoms with Crippen molar-refractivity contribution in [2.45, 2.75) is 12.7 Å². The van der Waals surface area contributed by atoms with Crippen molar-refractivity contribution in [3.05, 3.63) is 105 Å². The van der Waals surface area contributed by atoms with E-state index >= 15 is 0 Å². The van der Waals surface area contributed by atoms with Gasteiger partial charge in [-0.15, -0.1) is 26.3 Å². The van der Waals surface area contributed by atoms with Crippen LogP contribution in [0.3, 0.4) is 0 Å². The number of hydrogen-bond acceptors (Lipinski definition) is 8. The molecule has 2 aliphatic carbocycles. The zero-order chi connectivity index (χ0) is 36.7. The van der Waals surface area contributed by atoms with Crippen LogP contribution in [-0.2, 0) is 0 Å². The first-order chi connectivity index (χ1) is 23.6. The molecule has 3 aromatic rings. The lowest BCUT2D eigenvalue weighted by Gasteiger charge is -2.13. The molecule has 0 aliphatic heterocycles. The predicted octanol–water partition coefficient (Wildman–Crippen LogP) is 8.26. The molecule has 0 amide bonds. The fourth-order valence-corrected chi connectivity index (χ4v) is 5.55. The van der Waals surface area contributed by atoms with Gasteiger partial charge in [0.05, 0.1) is 11.1 Å². The lowest BCUT2D eigenvalue weighted by molar-refractivity contribution is -0.276. The fraction of sp³-hybridized carbons (Fsp3) is 0.0588. The van der Waals surface area contributed by atoms with Crippen molar-refractivity contribution in [3.63, 3.8) is 0 Å². The van der Waals surface area contributed by atoms with Crippen LogP contribution >= 0.6 is 0 Å². The van der Waals surface area contributed by atoms with E-state index < -0.39 is 47.0 Å². The Bertz CT molecular complexity index is 2240. The zero-order valence-corrected chi connectivity index (χ0v) is 24.1. The van der Waals surface area contributed by atoms with Crippen LogP contribution in [0.5, 0.6) is 11.5 Å². The number of halogens is 8. The highest BCUT2D eigenvalue weighted by Gasteiger charge is 2.39. The van der Waals surface area contributed by atoms with Gasteiger partial charge in [-0.1, -0.05) is 12.1 Å². The van der Waals surface area contributed by atoms with Crippen molar-refractivity contribution in [2.75, 3.05) is 0 Å². The third-order valence-electron chi connectivity index (χ3n) is 7.30. The van der Waals surface area contributed by atoms with Crippen LogP contribution in [0.2, 0.25) is 0 Å². The number of nitrogens with zero attached hydrogens (tertiary/aromatic N) is 6. The number of fused-ring (bicyclic) bond motifs is 2. The predicted molar refractivity (Wildman–Crippen MR) is 154 cm³/mol. The Kier molecular flexibility index (Phi) is 8.37. The van der Waals surface area contributed by atoms with Gasteiger partial charge in [-0.05, 0) is 58.7 Å². The van der Waals surface area contributed by atoms with Crippen molar-refractivity contribution < 1.29 is 44.6 Å². The molecule has 0 atom stereocenters. The molecule has 0 radical (unpaired) electrons. The molecule has 0 saturated carbocycles. The van der Waals surface area contributed by atoms with Crippen LogP contribution in [0.1, 0.15) is 33.4 Å². The van der Waals surface area contributed by atoms with E-state index in [9.17, 15) is 66.7 Å². The molecule has 5 rings (SSSR count). The minimum absolute atomic E-state index is 0.0756. The monoisotopic (exact) mass is 684 g/mol. The molecule has 2 aliphatic rings. The van der Waals surface area contributed by atoms with Gasteiger partial charge in [0.1, 0.15) is 47.6 Å². The number of alkyl halides is 6. The number of benzene rings is 3. The summed E-state index contributed by atoms with van der Waals surface area (Å²) in [7, 11) is 0. The van der Waals surface area contributed by atoms with Gasteiger partial charge in [0, 0.05) is 33.4 Å². The molecule has 3 aromatic carbocycles. The lowest BCUT2D eigenvalue weighted by atomic mass is 9.90. The number of allylic oxidation sites excluding steroid dienone is 8. The maximum absolute atomic E-state index is 14.9. The summed E-state index contributed by atoms with van der Waals surface area (Å²) < 4.78 is 114. The van der Waals surface area contributed by atoms with Crippen LogP contribution in [0.15, 0.2) is 59.7 Å². The summed E-state index contributed by atoms with van der Waals surface area (Å²) in [5.41, 5.74) is -3.91. The quantitative estimate of drug-likeness (QED) is 0.196. The van der Waals surface area contributed by atoms with Gasteiger partial charge in [-0.25, -0.2) is 8.78 Å². The fourth-order valence-electron chi connectivity index (χ4n) is 5.55. The third kappa shape index (κ3) is 5.82. The highest BCUT2D eigenvalue weighted by atomic mass is 19.4. The van der Waals surface area contributed by atoms with Crippen LogP contribution in [0.25, 0.3) is 33.4 Å². The van der Waals surface area contributed by atoms with Gasteiger partial charge in [-0.3, -0.25) is 0 Å². The van der Waals surface area contributed by atoms with Gasteiger partial charge < -0.3 is 9.47 Å². The maximum atomic E-state index is 14.9. The van der Waals surface area contributed by atoms with Crippen LogP contribution < -0.4 is 9.47 Å². The standard InChI is InChI=1S/C34H8F8N6O2/c35-25-5-15(1-3-27(25)49-33(37,38)39)29-23(13-47)19-7-22-20(8-21(19)31(29)17(9-43)10-44)24(14-48)30(32(22)18(11-45)12-46)16-2-4-28(26(36)6-16)50-34(40,41)42/h1-8H. The second-order valence-corrected chi connectivity index (χ2v) is 10.0. The van der Waals surface area contributed by atoms with E-state index in [1.807, 2.05) is 12.1 Å². The number of rotatable bonds is 4. The van der Waals surface area contributed by atoms with E-state index in [1.54, 1.807) is 24.3 Å². The number of ether oxygens (including phenoxy) is 2. The van der Waals surface area contributed by atoms with Crippen molar-refractivity contribution in [2.24, 2.45) is 0 Å². The second-order valence-electron chi connectivity index (χ2n) is 10.0. The smallest absolute Gasteiger partial charge is 0.403 e. The van der Waals surface area contributed by atoms with Crippen LogP contribution in [0, 0.1) is 79.6 Å². The van der Waals surface area contributed by atoms with E-state index in [2.05, 4.69) is 9.47 Å². The second kappa shape index (κ2) is 12.3. The van der Waals surface area contributed by atoms with Gasteiger partial charge in [0.25, 0.3) is 0 Å². The lowest BCUT2D eigenvalue weighted by Crippen LogP contribution is -2.18. The molecule has 0 saturated heterocycles. The normalized spacial score (nSPS) is 13.2. The topological polar surface area (TPSA) is 161 Å². The summed E-state index contributed by atoms with van der Waals surface area (Å²) in [5, 5.41) is 59.9. The van der Waals surface area contributed by atoms with Gasteiger partial charge in [0.2, 0.25) is 0 Å². The van der Waals surface area contributed by atoms with Crippen molar-refractivity contribution in [3.8, 4) is 47.9 Å². The molecular formula is C34H8F8N6O2. The minimum atomic E-state index is -5.25. The zero-order valence-electron chi connectivity index (χ0n) is 24.1. The molecule has 0 heterocycles. The number of nitriles is 6. The third-order valence-corrected chi connectivity index (χ3v) is 7.30. The van der Waals surface area contributed by atoms with E-state index in [-0.39, 0.29) is 66.8 Å². The molecule has 0 unspecified atom stereocenters. The summed E-state index contributed by atoms with van der Waals surface area (Å²) in [6, 6.07) is 16.9. The molecule has 0 N–H and O–H groups in total. The van der Waals surface area contributed by atoms with Crippen LogP contribution in [-0.4, -0.2) is 12.7 Å². The molecule has 242 valence electrons. The van der Waals surface area contributed by atoms with Gasteiger partial charge in [-0.2, -0.15) is 31.6 Å². The van der Waals surface area contributed by atoms with E-state index in [0.717, 1.165) is 12.1 Å². The Balaban J connectivity index is 1.82. The summed E-state index contributed by atoms with van der Waals surface area (Å²) >= 11 is 0. The SMILES string of the molecule is N#CC(C#N)=C1C(c2ccc(OC(F)(F)F)c(F)c2)=C(C#N)c2cc3c(cc21)C(C#N)=C(c1ccc(OC(F)(F)F)c(F)c1)C3=C(C#N)C#N. The van der Waals surface area contributed by atoms with Crippen molar-refractivity contribution in [1.29, 1.82) is 31.6 Å². The molecule has 16 heteroatoms.